The molecule has 0 aliphatic carbocycles. The number of hydrogen-bond donors (Lipinski definition) is 1. The molecular formula is C16H17N3O2. The predicted molar refractivity (Wildman–Crippen MR) is 80.6 cm³/mol. The van der Waals surface area contributed by atoms with Crippen LogP contribution >= 0.6 is 0 Å². The van der Waals surface area contributed by atoms with Crippen LogP contribution in [-0.4, -0.2) is 25.4 Å². The summed E-state index contributed by atoms with van der Waals surface area (Å²) in [6.45, 7) is 4.80. The van der Waals surface area contributed by atoms with Crippen molar-refractivity contribution in [2.75, 3.05) is 0 Å². The molecule has 5 nitrogen and oxygen atoms in total. The molecular weight excluding hydrogens is 266 g/mol. The number of carboxylic acid groups (broad SMARTS) is 1. The van der Waals surface area contributed by atoms with E-state index in [9.17, 15) is 4.79 Å². The van der Waals surface area contributed by atoms with Crippen LogP contribution in [0.5, 0.6) is 0 Å². The van der Waals surface area contributed by atoms with E-state index in [4.69, 9.17) is 5.11 Å². The van der Waals surface area contributed by atoms with Gasteiger partial charge in [0.05, 0.1) is 17.8 Å². The van der Waals surface area contributed by atoms with Gasteiger partial charge in [-0.3, -0.25) is 4.68 Å². The molecule has 2 heterocycles. The van der Waals surface area contributed by atoms with Gasteiger partial charge in [-0.05, 0) is 43.5 Å². The number of nitrogens with zero attached hydrogens (tertiary/aromatic N) is 3. The van der Waals surface area contributed by atoms with Gasteiger partial charge in [0.1, 0.15) is 0 Å². The van der Waals surface area contributed by atoms with Gasteiger partial charge in [0.2, 0.25) is 0 Å². The maximum Gasteiger partial charge on any atom is 0.335 e. The zero-order valence-corrected chi connectivity index (χ0v) is 12.0. The van der Waals surface area contributed by atoms with Crippen LogP contribution in [0.25, 0.3) is 10.9 Å². The van der Waals surface area contributed by atoms with Crippen LogP contribution in [0.15, 0.2) is 42.7 Å². The van der Waals surface area contributed by atoms with Gasteiger partial charge in [-0.25, -0.2) is 4.79 Å². The van der Waals surface area contributed by atoms with E-state index >= 15 is 0 Å². The van der Waals surface area contributed by atoms with Crippen molar-refractivity contribution in [3.63, 3.8) is 0 Å². The molecule has 1 N–H and O–H groups in total. The predicted octanol–water partition coefficient (Wildman–Crippen LogP) is 3.17. The van der Waals surface area contributed by atoms with Crippen molar-refractivity contribution in [2.45, 2.75) is 26.4 Å². The van der Waals surface area contributed by atoms with Gasteiger partial charge < -0.3 is 9.67 Å². The largest absolute Gasteiger partial charge is 0.478 e. The summed E-state index contributed by atoms with van der Waals surface area (Å²) in [5, 5.41) is 14.7. The molecule has 3 rings (SSSR count). The lowest BCUT2D eigenvalue weighted by atomic mass is 10.1. The van der Waals surface area contributed by atoms with Crippen LogP contribution in [0.3, 0.4) is 0 Å². The quantitative estimate of drug-likeness (QED) is 0.800. The molecule has 0 saturated heterocycles. The molecule has 2 aromatic heterocycles. The lowest BCUT2D eigenvalue weighted by molar-refractivity contribution is 0.0697. The number of benzene rings is 1. The van der Waals surface area contributed by atoms with Gasteiger partial charge in [0.15, 0.2) is 0 Å². The molecule has 0 aliphatic rings. The molecule has 0 atom stereocenters. The Hall–Kier alpha value is -2.56. The lowest BCUT2D eigenvalue weighted by Gasteiger charge is -2.06. The van der Waals surface area contributed by atoms with Gasteiger partial charge in [0, 0.05) is 24.0 Å². The van der Waals surface area contributed by atoms with E-state index in [1.165, 1.54) is 0 Å². The number of fused-ring (bicyclic) bond motifs is 1. The normalized spacial score (nSPS) is 11.4. The zero-order chi connectivity index (χ0) is 15.0. The first-order valence-electron chi connectivity index (χ1n) is 6.91. The standard InChI is InChI=1S/C16H17N3O2/c1-11(2)19-8-6-14(17-19)10-18-7-5-12-3-4-13(16(20)21)9-15(12)18/h3-9,11H,10H2,1-2H3,(H,20,21). The average Bonchev–Trinajstić information content (AvgIpc) is 3.06. The Labute approximate surface area is 122 Å². The molecule has 0 unspecified atom stereocenters. The van der Waals surface area contributed by atoms with Gasteiger partial charge in [-0.1, -0.05) is 6.07 Å². The van der Waals surface area contributed by atoms with Crippen molar-refractivity contribution >= 4 is 16.9 Å². The summed E-state index contributed by atoms with van der Waals surface area (Å²) in [4.78, 5) is 11.1. The minimum atomic E-state index is -0.909. The van der Waals surface area contributed by atoms with Gasteiger partial charge in [0.25, 0.3) is 0 Å². The molecule has 5 heteroatoms. The molecule has 108 valence electrons. The van der Waals surface area contributed by atoms with Crippen LogP contribution in [0.2, 0.25) is 0 Å². The van der Waals surface area contributed by atoms with E-state index in [0.29, 0.717) is 18.2 Å². The molecule has 21 heavy (non-hydrogen) atoms. The molecule has 0 radical (unpaired) electrons. The SMILES string of the molecule is CC(C)n1ccc(Cn2ccc3ccc(C(=O)O)cc32)n1. The van der Waals surface area contributed by atoms with Crippen molar-refractivity contribution in [3.8, 4) is 0 Å². The summed E-state index contributed by atoms with van der Waals surface area (Å²) in [5.41, 5.74) is 2.17. The Bertz CT molecular complexity index is 799. The summed E-state index contributed by atoms with van der Waals surface area (Å²) < 4.78 is 3.94. The fourth-order valence-electron chi connectivity index (χ4n) is 2.38. The first-order chi connectivity index (χ1) is 10.0. The number of aromatic nitrogens is 3. The number of hydrogen-bond acceptors (Lipinski definition) is 2. The molecule has 3 aromatic rings. The number of carboxylic acids is 1. The fourth-order valence-corrected chi connectivity index (χ4v) is 2.38. The summed E-state index contributed by atoms with van der Waals surface area (Å²) in [5.74, 6) is -0.909. The van der Waals surface area contributed by atoms with Crippen LogP contribution in [0, 0.1) is 0 Å². The van der Waals surface area contributed by atoms with Crippen molar-refractivity contribution in [1.29, 1.82) is 0 Å². The lowest BCUT2D eigenvalue weighted by Crippen LogP contribution is -2.04. The highest BCUT2D eigenvalue weighted by Gasteiger charge is 2.09. The molecule has 0 aliphatic heterocycles. The summed E-state index contributed by atoms with van der Waals surface area (Å²) in [7, 11) is 0. The molecule has 0 fully saturated rings. The molecule has 0 saturated carbocycles. The third kappa shape index (κ3) is 2.54. The second-order valence-corrected chi connectivity index (χ2v) is 5.40. The second-order valence-electron chi connectivity index (χ2n) is 5.40. The maximum atomic E-state index is 11.1. The van der Waals surface area contributed by atoms with E-state index < -0.39 is 5.97 Å². The van der Waals surface area contributed by atoms with E-state index in [2.05, 4.69) is 18.9 Å². The van der Waals surface area contributed by atoms with Crippen molar-refractivity contribution in [3.05, 3.63) is 54.0 Å². The van der Waals surface area contributed by atoms with Gasteiger partial charge >= 0.3 is 5.97 Å². The Balaban J connectivity index is 1.95. The topological polar surface area (TPSA) is 60.0 Å². The van der Waals surface area contributed by atoms with Gasteiger partial charge in [-0.2, -0.15) is 5.10 Å². The fraction of sp³-hybridized carbons (Fsp3) is 0.250. The van der Waals surface area contributed by atoms with Crippen LogP contribution in [0.1, 0.15) is 35.9 Å². The van der Waals surface area contributed by atoms with E-state index in [1.54, 1.807) is 12.1 Å². The number of carbonyl (C=O) groups is 1. The highest BCUT2D eigenvalue weighted by Crippen LogP contribution is 2.19. The Morgan fingerprint density at radius 3 is 2.71 bits per heavy atom. The van der Waals surface area contributed by atoms with E-state index in [0.717, 1.165) is 16.6 Å². The summed E-state index contributed by atoms with van der Waals surface area (Å²) in [6.07, 6.45) is 3.93. The smallest absolute Gasteiger partial charge is 0.335 e. The molecule has 0 bridgehead atoms. The highest BCUT2D eigenvalue weighted by molar-refractivity contribution is 5.93. The first kappa shape index (κ1) is 13.4. The Morgan fingerprint density at radius 2 is 2.05 bits per heavy atom. The monoisotopic (exact) mass is 283 g/mol. The number of rotatable bonds is 4. The molecule has 1 aromatic carbocycles. The average molecular weight is 283 g/mol. The van der Waals surface area contributed by atoms with Crippen LogP contribution in [-0.2, 0) is 6.54 Å². The zero-order valence-electron chi connectivity index (χ0n) is 12.0. The third-order valence-corrected chi connectivity index (χ3v) is 3.55. The minimum absolute atomic E-state index is 0.301. The Kier molecular flexibility index (Phi) is 3.25. The van der Waals surface area contributed by atoms with Crippen LogP contribution < -0.4 is 0 Å². The third-order valence-electron chi connectivity index (χ3n) is 3.55. The van der Waals surface area contributed by atoms with E-state index in [-0.39, 0.29) is 0 Å². The van der Waals surface area contributed by atoms with Crippen molar-refractivity contribution < 1.29 is 9.90 Å². The van der Waals surface area contributed by atoms with Crippen molar-refractivity contribution in [1.82, 2.24) is 14.3 Å². The second kappa shape index (κ2) is 5.09. The maximum absolute atomic E-state index is 11.1. The first-order valence-corrected chi connectivity index (χ1v) is 6.91. The molecule has 0 amide bonds. The molecule has 0 spiro atoms. The van der Waals surface area contributed by atoms with Crippen LogP contribution in [0.4, 0.5) is 0 Å². The Morgan fingerprint density at radius 1 is 1.24 bits per heavy atom. The highest BCUT2D eigenvalue weighted by atomic mass is 16.4. The van der Waals surface area contributed by atoms with Crippen molar-refractivity contribution in [2.24, 2.45) is 0 Å². The minimum Gasteiger partial charge on any atom is -0.478 e. The van der Waals surface area contributed by atoms with Gasteiger partial charge in [-0.15, -0.1) is 0 Å². The number of aromatic carboxylic acids is 1. The summed E-state index contributed by atoms with van der Waals surface area (Å²) in [6, 6.07) is 9.48. The van der Waals surface area contributed by atoms with E-state index in [1.807, 2.05) is 39.8 Å². The summed E-state index contributed by atoms with van der Waals surface area (Å²) >= 11 is 0.